The van der Waals surface area contributed by atoms with Crippen LogP contribution in [0.1, 0.15) is 5.56 Å². The second kappa shape index (κ2) is 8.03. The van der Waals surface area contributed by atoms with E-state index in [1.807, 2.05) is 23.9 Å². The smallest absolute Gasteiger partial charge is 0.191 e. The molecule has 2 rings (SSSR count). The van der Waals surface area contributed by atoms with E-state index in [0.717, 1.165) is 30.2 Å². The number of thioether (sulfide) groups is 1. The van der Waals surface area contributed by atoms with Crippen LogP contribution < -0.4 is 19.9 Å². The Bertz CT molecular complexity index is 506. The minimum Gasteiger partial charge on any atom is -0.496 e. The molecule has 1 aliphatic heterocycles. The van der Waals surface area contributed by atoms with Gasteiger partial charge >= 0.3 is 0 Å². The molecule has 1 heterocycles. The van der Waals surface area contributed by atoms with Gasteiger partial charge in [-0.15, -0.1) is 0 Å². The van der Waals surface area contributed by atoms with Gasteiger partial charge in [0.15, 0.2) is 5.96 Å². The second-order valence-electron chi connectivity index (χ2n) is 4.78. The van der Waals surface area contributed by atoms with E-state index in [9.17, 15) is 0 Å². The molecular weight excluding hydrogens is 302 g/mol. The third kappa shape index (κ3) is 3.91. The Morgan fingerprint density at radius 1 is 1.14 bits per heavy atom. The highest BCUT2D eigenvalue weighted by Crippen LogP contribution is 2.34. The molecule has 0 bridgehead atoms. The first kappa shape index (κ1) is 16.6. The maximum Gasteiger partial charge on any atom is 0.191 e. The lowest BCUT2D eigenvalue weighted by atomic mass is 10.1. The van der Waals surface area contributed by atoms with Gasteiger partial charge in [0.25, 0.3) is 0 Å². The molecule has 0 aromatic heterocycles. The molecule has 2 N–H and O–H groups in total. The maximum atomic E-state index is 6.10. The highest BCUT2D eigenvalue weighted by Gasteiger charge is 2.15. The molecule has 7 heteroatoms. The van der Waals surface area contributed by atoms with Crippen molar-refractivity contribution in [3.8, 4) is 17.2 Å². The molecule has 0 saturated carbocycles. The average Bonchev–Trinajstić information content (AvgIpc) is 2.59. The van der Waals surface area contributed by atoms with Crippen LogP contribution in [-0.2, 0) is 6.54 Å². The molecule has 0 amide bonds. The summed E-state index contributed by atoms with van der Waals surface area (Å²) in [7, 11) is 4.84. The number of benzene rings is 1. The Balaban J connectivity index is 2.20. The number of nitrogens with zero attached hydrogens (tertiary/aromatic N) is 2. The molecule has 1 saturated heterocycles. The number of hydrogen-bond donors (Lipinski definition) is 1. The molecule has 22 heavy (non-hydrogen) atoms. The SMILES string of the molecule is COc1cc(OC)c(CN=C(N)N2CCSCC2)c(OC)c1. The van der Waals surface area contributed by atoms with Gasteiger partial charge in [-0.05, 0) is 0 Å². The van der Waals surface area contributed by atoms with Crippen LogP contribution in [0.25, 0.3) is 0 Å². The van der Waals surface area contributed by atoms with Gasteiger partial charge in [-0.2, -0.15) is 11.8 Å². The van der Waals surface area contributed by atoms with Crippen LogP contribution in [0.2, 0.25) is 0 Å². The van der Waals surface area contributed by atoms with Crippen molar-refractivity contribution in [3.63, 3.8) is 0 Å². The summed E-state index contributed by atoms with van der Waals surface area (Å²) in [5.41, 5.74) is 6.96. The summed E-state index contributed by atoms with van der Waals surface area (Å²) in [6.45, 7) is 2.29. The number of hydrogen-bond acceptors (Lipinski definition) is 5. The molecule has 122 valence electrons. The first-order chi connectivity index (χ1) is 10.7. The first-order valence-corrected chi connectivity index (χ1v) is 8.26. The number of aliphatic imine (C=N–C) groups is 1. The van der Waals surface area contributed by atoms with E-state index in [-0.39, 0.29) is 0 Å². The molecule has 1 fully saturated rings. The number of rotatable bonds is 5. The van der Waals surface area contributed by atoms with E-state index in [1.54, 1.807) is 21.3 Å². The quantitative estimate of drug-likeness (QED) is 0.655. The van der Waals surface area contributed by atoms with Crippen molar-refractivity contribution in [3.05, 3.63) is 17.7 Å². The predicted octanol–water partition coefficient (Wildman–Crippen LogP) is 1.58. The van der Waals surface area contributed by atoms with Crippen molar-refractivity contribution < 1.29 is 14.2 Å². The third-order valence-electron chi connectivity index (χ3n) is 3.55. The molecule has 1 aliphatic rings. The minimum atomic E-state index is 0.409. The van der Waals surface area contributed by atoms with E-state index in [0.29, 0.717) is 29.8 Å². The highest BCUT2D eigenvalue weighted by molar-refractivity contribution is 7.99. The number of guanidine groups is 1. The largest absolute Gasteiger partial charge is 0.496 e. The second-order valence-corrected chi connectivity index (χ2v) is 6.01. The lowest BCUT2D eigenvalue weighted by Gasteiger charge is -2.27. The van der Waals surface area contributed by atoms with E-state index in [4.69, 9.17) is 19.9 Å². The Hall–Kier alpha value is -1.76. The van der Waals surface area contributed by atoms with Crippen molar-refractivity contribution in [1.29, 1.82) is 0 Å². The lowest BCUT2D eigenvalue weighted by Crippen LogP contribution is -2.42. The summed E-state index contributed by atoms with van der Waals surface area (Å²) < 4.78 is 16.1. The fraction of sp³-hybridized carbons (Fsp3) is 0.533. The van der Waals surface area contributed by atoms with E-state index >= 15 is 0 Å². The number of nitrogens with two attached hydrogens (primary N) is 1. The normalized spacial score (nSPS) is 15.6. The predicted molar refractivity (Wildman–Crippen MR) is 90.3 cm³/mol. The monoisotopic (exact) mass is 325 g/mol. The molecule has 0 atom stereocenters. The van der Waals surface area contributed by atoms with Crippen LogP contribution in [0.3, 0.4) is 0 Å². The molecule has 1 aromatic carbocycles. The lowest BCUT2D eigenvalue weighted by molar-refractivity contribution is 0.368. The topological polar surface area (TPSA) is 69.3 Å². The van der Waals surface area contributed by atoms with Crippen LogP contribution >= 0.6 is 11.8 Å². The Labute approximate surface area is 135 Å². The fourth-order valence-electron chi connectivity index (χ4n) is 2.29. The van der Waals surface area contributed by atoms with Crippen molar-refractivity contribution in [2.45, 2.75) is 6.54 Å². The van der Waals surface area contributed by atoms with Crippen LogP contribution in [0, 0.1) is 0 Å². The highest BCUT2D eigenvalue weighted by atomic mass is 32.2. The van der Waals surface area contributed by atoms with Gasteiger partial charge in [0.05, 0.1) is 33.4 Å². The van der Waals surface area contributed by atoms with Crippen molar-refractivity contribution in [1.82, 2.24) is 4.90 Å². The zero-order chi connectivity index (χ0) is 15.9. The van der Waals surface area contributed by atoms with E-state index in [1.165, 1.54) is 0 Å². The molecule has 0 unspecified atom stereocenters. The van der Waals surface area contributed by atoms with Gasteiger partial charge in [0, 0.05) is 36.7 Å². The standard InChI is InChI=1S/C15H23N3O3S/c1-19-11-8-13(20-2)12(14(9-11)21-3)10-17-15(16)18-4-6-22-7-5-18/h8-9H,4-7,10H2,1-3H3,(H2,16,17). The zero-order valence-corrected chi connectivity index (χ0v) is 14.1. The summed E-state index contributed by atoms with van der Waals surface area (Å²) >= 11 is 1.94. The molecule has 6 nitrogen and oxygen atoms in total. The van der Waals surface area contributed by atoms with E-state index in [2.05, 4.69) is 9.89 Å². The van der Waals surface area contributed by atoms with Crippen molar-refractivity contribution in [2.24, 2.45) is 10.7 Å². The van der Waals surface area contributed by atoms with Crippen molar-refractivity contribution >= 4 is 17.7 Å². The molecule has 0 spiro atoms. The van der Waals surface area contributed by atoms with Gasteiger partial charge in [-0.25, -0.2) is 4.99 Å². The van der Waals surface area contributed by atoms with Crippen LogP contribution in [-0.4, -0.2) is 56.8 Å². The summed E-state index contributed by atoms with van der Waals surface area (Å²) in [6.07, 6.45) is 0. The first-order valence-electron chi connectivity index (χ1n) is 7.11. The molecule has 0 aliphatic carbocycles. The maximum absolute atomic E-state index is 6.10. The Kier molecular flexibility index (Phi) is 6.06. The molecular formula is C15H23N3O3S. The third-order valence-corrected chi connectivity index (χ3v) is 4.49. The van der Waals surface area contributed by atoms with Gasteiger partial charge in [0.1, 0.15) is 17.2 Å². The fourth-order valence-corrected chi connectivity index (χ4v) is 3.19. The summed E-state index contributed by atoms with van der Waals surface area (Å²) in [4.78, 5) is 6.61. The van der Waals surface area contributed by atoms with Crippen LogP contribution in [0.15, 0.2) is 17.1 Å². The average molecular weight is 325 g/mol. The summed E-state index contributed by atoms with van der Waals surface area (Å²) in [5, 5.41) is 0. The van der Waals surface area contributed by atoms with Gasteiger partial charge < -0.3 is 24.8 Å². The van der Waals surface area contributed by atoms with Gasteiger partial charge in [-0.3, -0.25) is 0 Å². The van der Waals surface area contributed by atoms with Crippen LogP contribution in [0.5, 0.6) is 17.2 Å². The minimum absolute atomic E-state index is 0.409. The summed E-state index contributed by atoms with van der Waals surface area (Å²) in [5.74, 6) is 4.79. The van der Waals surface area contributed by atoms with E-state index < -0.39 is 0 Å². The number of ether oxygens (including phenoxy) is 3. The van der Waals surface area contributed by atoms with Crippen LogP contribution in [0.4, 0.5) is 0 Å². The zero-order valence-electron chi connectivity index (χ0n) is 13.3. The summed E-state index contributed by atoms with van der Waals surface area (Å²) in [6, 6.07) is 3.64. The number of methoxy groups -OCH3 is 3. The Morgan fingerprint density at radius 3 is 2.23 bits per heavy atom. The van der Waals surface area contributed by atoms with Crippen molar-refractivity contribution in [2.75, 3.05) is 45.9 Å². The Morgan fingerprint density at radius 2 is 1.73 bits per heavy atom. The van der Waals surface area contributed by atoms with Gasteiger partial charge in [0.2, 0.25) is 0 Å². The molecule has 0 radical (unpaired) electrons. The van der Waals surface area contributed by atoms with Gasteiger partial charge in [-0.1, -0.05) is 0 Å². The molecule has 1 aromatic rings.